The van der Waals surface area contributed by atoms with Gasteiger partial charge in [0.25, 0.3) is 0 Å². The molecule has 0 unspecified atom stereocenters. The van der Waals surface area contributed by atoms with E-state index in [1.54, 1.807) is 0 Å². The monoisotopic (exact) mass is 266 g/mol. The predicted octanol–water partition coefficient (Wildman–Crippen LogP) is -1.28. The fourth-order valence-corrected chi connectivity index (χ4v) is 1.30. The molecular formula is C9H7BF3KN2O. The van der Waals surface area contributed by atoms with Gasteiger partial charge in [0.1, 0.15) is 0 Å². The van der Waals surface area contributed by atoms with E-state index in [2.05, 4.69) is 10.2 Å². The van der Waals surface area contributed by atoms with Crippen molar-refractivity contribution in [2.45, 2.75) is 6.42 Å². The summed E-state index contributed by atoms with van der Waals surface area (Å²) in [7, 11) is 0. The zero-order valence-electron chi connectivity index (χ0n) is 9.11. The molecule has 84 valence electrons. The van der Waals surface area contributed by atoms with Crippen molar-refractivity contribution in [2.24, 2.45) is 0 Å². The summed E-state index contributed by atoms with van der Waals surface area (Å²) in [6.45, 7) is -4.93. The van der Waals surface area contributed by atoms with Crippen molar-refractivity contribution in [3.05, 3.63) is 42.1 Å². The van der Waals surface area contributed by atoms with Gasteiger partial charge in [-0.2, -0.15) is 0 Å². The molecule has 1 aromatic heterocycles. The maximum absolute atomic E-state index is 12.3. The number of aromatic nitrogens is 2. The van der Waals surface area contributed by atoms with E-state index < -0.39 is 12.4 Å². The molecule has 0 saturated heterocycles. The Labute approximate surface area is 138 Å². The normalized spacial score (nSPS) is 11.0. The van der Waals surface area contributed by atoms with E-state index in [4.69, 9.17) is 4.42 Å². The van der Waals surface area contributed by atoms with E-state index in [-0.39, 0.29) is 51.4 Å². The summed E-state index contributed by atoms with van der Waals surface area (Å²) in [5.74, 6) is 0.380. The molecule has 0 amide bonds. The van der Waals surface area contributed by atoms with Crippen LogP contribution in [0.25, 0.3) is 0 Å². The van der Waals surface area contributed by atoms with Gasteiger partial charge in [0.15, 0.2) is 0 Å². The summed E-state index contributed by atoms with van der Waals surface area (Å²) in [5, 5.41) is 7.13. The summed E-state index contributed by atoms with van der Waals surface area (Å²) in [6, 6.07) is 4.95. The number of benzene rings is 1. The molecule has 0 bridgehead atoms. The maximum atomic E-state index is 12.3. The van der Waals surface area contributed by atoms with Crippen LogP contribution in [-0.4, -0.2) is 17.2 Å². The van der Waals surface area contributed by atoms with Crippen LogP contribution in [0.15, 0.2) is 35.1 Å². The average Bonchev–Trinajstić information content (AvgIpc) is 2.70. The molecule has 0 atom stereocenters. The Morgan fingerprint density at radius 1 is 1.12 bits per heavy atom. The van der Waals surface area contributed by atoms with Crippen LogP contribution in [0.5, 0.6) is 0 Å². The molecule has 0 fully saturated rings. The SMILES string of the molecule is F[B-](F)(F)c1ccc(Cc2nnco2)cc1.[K+]. The van der Waals surface area contributed by atoms with Crippen molar-refractivity contribution in [1.82, 2.24) is 10.2 Å². The van der Waals surface area contributed by atoms with Crippen molar-refractivity contribution in [2.75, 3.05) is 0 Å². The van der Waals surface area contributed by atoms with Crippen LogP contribution < -0.4 is 56.8 Å². The van der Waals surface area contributed by atoms with Gasteiger partial charge in [-0.1, -0.05) is 24.3 Å². The van der Waals surface area contributed by atoms with E-state index in [0.29, 0.717) is 17.9 Å². The maximum Gasteiger partial charge on any atom is 1.00 e. The van der Waals surface area contributed by atoms with E-state index in [9.17, 15) is 12.9 Å². The number of hydrogen-bond donors (Lipinski definition) is 0. The van der Waals surface area contributed by atoms with Crippen LogP contribution in [0.1, 0.15) is 11.5 Å². The first-order chi connectivity index (χ1) is 7.55. The first kappa shape index (κ1) is 14.9. The van der Waals surface area contributed by atoms with Crippen LogP contribution in [0.2, 0.25) is 0 Å². The van der Waals surface area contributed by atoms with Gasteiger partial charge in [0.2, 0.25) is 12.3 Å². The second-order valence-corrected chi connectivity index (χ2v) is 3.33. The van der Waals surface area contributed by atoms with Gasteiger partial charge < -0.3 is 17.4 Å². The third-order valence-electron chi connectivity index (χ3n) is 2.12. The Morgan fingerprint density at radius 3 is 2.24 bits per heavy atom. The van der Waals surface area contributed by atoms with E-state index in [0.717, 1.165) is 12.1 Å². The van der Waals surface area contributed by atoms with Gasteiger partial charge in [0.05, 0.1) is 6.42 Å². The predicted molar refractivity (Wildman–Crippen MR) is 52.3 cm³/mol. The van der Waals surface area contributed by atoms with E-state index in [1.165, 1.54) is 18.5 Å². The van der Waals surface area contributed by atoms with Crippen LogP contribution in [0.3, 0.4) is 0 Å². The summed E-state index contributed by atoms with van der Waals surface area (Å²) in [5.41, 5.74) is 0.0994. The second-order valence-electron chi connectivity index (χ2n) is 3.33. The molecule has 0 saturated carbocycles. The Morgan fingerprint density at radius 2 is 1.76 bits per heavy atom. The average molecular weight is 266 g/mol. The summed E-state index contributed by atoms with van der Waals surface area (Å²) < 4.78 is 41.8. The fraction of sp³-hybridized carbons (Fsp3) is 0.111. The standard InChI is InChI=1S/C9H7BF3N2O.K/c11-10(12,13)8-3-1-7(2-4-8)5-9-15-14-6-16-9;/h1-4,6H,5H2;/q-1;+1. The van der Waals surface area contributed by atoms with Crippen molar-refractivity contribution in [1.29, 1.82) is 0 Å². The van der Waals surface area contributed by atoms with Gasteiger partial charge in [0, 0.05) is 0 Å². The molecule has 3 nitrogen and oxygen atoms in total. The molecule has 1 heterocycles. The van der Waals surface area contributed by atoms with Crippen LogP contribution >= 0.6 is 0 Å². The summed E-state index contributed by atoms with van der Waals surface area (Å²) >= 11 is 0. The molecule has 1 aromatic carbocycles. The second kappa shape index (κ2) is 6.15. The minimum atomic E-state index is -4.93. The van der Waals surface area contributed by atoms with E-state index in [1.807, 2.05) is 0 Å². The molecular weight excluding hydrogens is 259 g/mol. The molecule has 2 rings (SSSR count). The molecule has 0 aliphatic heterocycles. The van der Waals surface area contributed by atoms with Gasteiger partial charge in [-0.25, -0.2) is 0 Å². The number of nitrogens with zero attached hydrogens (tertiary/aromatic N) is 2. The van der Waals surface area contributed by atoms with Gasteiger partial charge in [-0.15, -0.1) is 15.7 Å². The van der Waals surface area contributed by atoms with E-state index >= 15 is 0 Å². The van der Waals surface area contributed by atoms with Gasteiger partial charge >= 0.3 is 58.4 Å². The minimum absolute atomic E-state index is 0. The Hall–Kier alpha value is -0.149. The molecule has 17 heavy (non-hydrogen) atoms. The Bertz CT molecular complexity index is 458. The van der Waals surface area contributed by atoms with Crippen LogP contribution in [0.4, 0.5) is 12.9 Å². The minimum Gasteiger partial charge on any atom is -0.445 e. The first-order valence-electron chi connectivity index (χ1n) is 4.59. The van der Waals surface area contributed by atoms with Crippen molar-refractivity contribution in [3.8, 4) is 0 Å². The number of halogens is 3. The molecule has 0 N–H and O–H groups in total. The number of hydrogen-bond acceptors (Lipinski definition) is 3. The van der Waals surface area contributed by atoms with Crippen molar-refractivity contribution >= 4 is 12.4 Å². The molecule has 0 aliphatic carbocycles. The molecule has 0 aliphatic rings. The summed E-state index contributed by atoms with van der Waals surface area (Å²) in [6.07, 6.45) is 1.52. The molecule has 2 aromatic rings. The van der Waals surface area contributed by atoms with Gasteiger partial charge in [-0.05, 0) is 5.56 Å². The zero-order chi connectivity index (χ0) is 11.6. The smallest absolute Gasteiger partial charge is 0.445 e. The summed E-state index contributed by atoms with van der Waals surface area (Å²) in [4.78, 5) is 0. The van der Waals surface area contributed by atoms with Crippen LogP contribution in [0, 0.1) is 0 Å². The molecule has 8 heteroatoms. The molecule has 0 spiro atoms. The number of rotatable bonds is 3. The Kier molecular flexibility index (Phi) is 5.39. The fourth-order valence-electron chi connectivity index (χ4n) is 1.30. The molecule has 0 radical (unpaired) electrons. The third kappa shape index (κ3) is 4.22. The third-order valence-corrected chi connectivity index (χ3v) is 2.12. The van der Waals surface area contributed by atoms with Gasteiger partial charge in [-0.3, -0.25) is 0 Å². The Balaban J connectivity index is 0.00000144. The zero-order valence-corrected chi connectivity index (χ0v) is 12.2. The largest absolute Gasteiger partial charge is 1.00 e. The first-order valence-corrected chi connectivity index (χ1v) is 4.59. The topological polar surface area (TPSA) is 38.9 Å². The van der Waals surface area contributed by atoms with Crippen molar-refractivity contribution < 1.29 is 68.7 Å². The van der Waals surface area contributed by atoms with Crippen LogP contribution in [-0.2, 0) is 6.42 Å². The van der Waals surface area contributed by atoms with Crippen molar-refractivity contribution in [3.63, 3.8) is 0 Å². The quantitative estimate of drug-likeness (QED) is 0.649.